The lowest BCUT2D eigenvalue weighted by atomic mass is 10.5. The van der Waals surface area contributed by atoms with Crippen molar-refractivity contribution in [1.29, 1.82) is 0 Å². The van der Waals surface area contributed by atoms with Crippen LogP contribution in [0.3, 0.4) is 0 Å². The van der Waals surface area contributed by atoms with E-state index in [9.17, 15) is 8.42 Å². The molecule has 0 atom stereocenters. The van der Waals surface area contributed by atoms with Gasteiger partial charge >= 0.3 is 0 Å². The molecule has 1 aromatic rings. The molecule has 0 N–H and O–H groups in total. The summed E-state index contributed by atoms with van der Waals surface area (Å²) < 4.78 is 24.9. The van der Waals surface area contributed by atoms with E-state index in [1.54, 1.807) is 17.5 Å². The Morgan fingerprint density at radius 2 is 1.55 bits per heavy atom. The maximum Gasteiger partial charge on any atom is 0.254 e. The van der Waals surface area contributed by atoms with Crippen molar-refractivity contribution >= 4 is 29.2 Å². The van der Waals surface area contributed by atoms with E-state index in [2.05, 4.69) is 52.3 Å². The summed E-state index contributed by atoms with van der Waals surface area (Å²) in [6.07, 6.45) is 0. The van der Waals surface area contributed by atoms with Gasteiger partial charge in [0.15, 0.2) is 0 Å². The van der Waals surface area contributed by atoms with Crippen LogP contribution in [-0.2, 0) is 9.84 Å². The van der Waals surface area contributed by atoms with Gasteiger partial charge in [-0.25, -0.2) is 8.42 Å². The van der Waals surface area contributed by atoms with Crippen molar-refractivity contribution < 1.29 is 8.42 Å². The zero-order valence-electron chi connectivity index (χ0n) is 13.1. The molecule has 1 heterocycles. The summed E-state index contributed by atoms with van der Waals surface area (Å²) in [5.74, 6) is 0. The molecule has 0 radical (unpaired) electrons. The van der Waals surface area contributed by atoms with Crippen LogP contribution >= 0.6 is 11.3 Å². The quantitative estimate of drug-likeness (QED) is 0.593. The fourth-order valence-corrected chi connectivity index (χ4v) is 10.8. The fourth-order valence-electron chi connectivity index (χ4n) is 3.06. The summed E-state index contributed by atoms with van der Waals surface area (Å²) >= 11 is 1.23. The highest BCUT2D eigenvalue weighted by molar-refractivity contribution is 7.98. The molecule has 0 aliphatic carbocycles. The zero-order valence-corrected chi connectivity index (χ0v) is 15.7. The van der Waals surface area contributed by atoms with Gasteiger partial charge in [0.2, 0.25) is 0 Å². The predicted octanol–water partition coefficient (Wildman–Crippen LogP) is 4.70. The molecular weight excluding hydrogens is 304 g/mol. The van der Waals surface area contributed by atoms with E-state index in [4.69, 9.17) is 0 Å². The van der Waals surface area contributed by atoms with Crippen molar-refractivity contribution in [2.45, 2.75) is 62.4 Å². The van der Waals surface area contributed by atoms with Crippen LogP contribution in [-0.4, -0.2) is 16.5 Å². The highest BCUT2D eigenvalue weighted by Gasteiger charge is 2.42. The van der Waals surface area contributed by atoms with Crippen LogP contribution in [0.5, 0.6) is 0 Å². The van der Waals surface area contributed by atoms with Crippen molar-refractivity contribution in [3.63, 3.8) is 0 Å². The molecule has 20 heavy (non-hydrogen) atoms. The number of hydrogen-bond donors (Lipinski definition) is 0. The SMILES string of the molecule is CC(C)[Si](C#CS(=O)(=O)c1cccs1)(C(C)C)C(C)C. The molecule has 0 saturated carbocycles. The van der Waals surface area contributed by atoms with E-state index in [-0.39, 0.29) is 0 Å². The minimum absolute atomic E-state index is 0.351. The Morgan fingerprint density at radius 1 is 1.05 bits per heavy atom. The highest BCUT2D eigenvalue weighted by Crippen LogP contribution is 2.40. The van der Waals surface area contributed by atoms with E-state index in [1.165, 1.54) is 11.3 Å². The maximum absolute atomic E-state index is 12.3. The molecule has 0 bridgehead atoms. The molecule has 1 aromatic heterocycles. The molecule has 0 aromatic carbocycles. The van der Waals surface area contributed by atoms with Crippen molar-refractivity contribution in [2.24, 2.45) is 0 Å². The Bertz CT molecular complexity index is 566. The molecule has 0 aliphatic rings. The molecule has 112 valence electrons. The molecule has 0 fully saturated rings. The van der Waals surface area contributed by atoms with Crippen LogP contribution in [0.2, 0.25) is 16.6 Å². The van der Waals surface area contributed by atoms with Gasteiger partial charge in [-0.1, -0.05) is 47.6 Å². The van der Waals surface area contributed by atoms with Crippen LogP contribution in [0.15, 0.2) is 21.7 Å². The van der Waals surface area contributed by atoms with Crippen molar-refractivity contribution in [3.05, 3.63) is 17.5 Å². The third-order valence-corrected chi connectivity index (χ3v) is 13.1. The first kappa shape index (κ1) is 17.5. The summed E-state index contributed by atoms with van der Waals surface area (Å²) in [6, 6.07) is 3.37. The first-order valence-electron chi connectivity index (χ1n) is 6.97. The third kappa shape index (κ3) is 3.36. The molecule has 5 heteroatoms. The van der Waals surface area contributed by atoms with Gasteiger partial charge in [0, 0.05) is 5.25 Å². The molecule has 0 amide bonds. The van der Waals surface area contributed by atoms with Gasteiger partial charge in [0.25, 0.3) is 9.84 Å². The van der Waals surface area contributed by atoms with Crippen molar-refractivity contribution in [1.82, 2.24) is 0 Å². The lowest BCUT2D eigenvalue weighted by molar-refractivity contribution is 0.608. The summed E-state index contributed by atoms with van der Waals surface area (Å²) in [4.78, 5) is 0. The Kier molecular flexibility index (Phi) is 5.65. The zero-order chi connectivity index (χ0) is 15.6. The minimum Gasteiger partial charge on any atom is -0.209 e. The summed E-state index contributed by atoms with van der Waals surface area (Å²) in [7, 11) is -5.44. The molecule has 1 rings (SSSR count). The van der Waals surface area contributed by atoms with Crippen molar-refractivity contribution in [3.8, 4) is 10.8 Å². The molecular formula is C15H24O2S2Si. The second-order valence-corrected chi connectivity index (χ2v) is 14.5. The molecule has 0 aliphatic heterocycles. The van der Waals surface area contributed by atoms with E-state index in [0.29, 0.717) is 20.8 Å². The average molecular weight is 329 g/mol. The first-order chi connectivity index (χ1) is 9.14. The Labute approximate surface area is 128 Å². The maximum atomic E-state index is 12.3. The van der Waals surface area contributed by atoms with E-state index < -0.39 is 17.9 Å². The topological polar surface area (TPSA) is 34.1 Å². The van der Waals surface area contributed by atoms with E-state index >= 15 is 0 Å². The van der Waals surface area contributed by atoms with Gasteiger partial charge in [-0.15, -0.1) is 16.9 Å². The van der Waals surface area contributed by atoms with Crippen LogP contribution in [0.4, 0.5) is 0 Å². The van der Waals surface area contributed by atoms with Crippen LogP contribution in [0.1, 0.15) is 41.5 Å². The van der Waals surface area contributed by atoms with Gasteiger partial charge < -0.3 is 0 Å². The lowest BCUT2D eigenvalue weighted by Gasteiger charge is -2.37. The second-order valence-electron chi connectivity index (χ2n) is 6.06. The molecule has 2 nitrogen and oxygen atoms in total. The third-order valence-electron chi connectivity index (χ3n) is 4.03. The Morgan fingerprint density at radius 3 is 1.90 bits per heavy atom. The smallest absolute Gasteiger partial charge is 0.209 e. The Hall–Kier alpha value is -0.573. The van der Waals surface area contributed by atoms with Gasteiger partial charge in [0.05, 0.1) is 0 Å². The van der Waals surface area contributed by atoms with Crippen molar-refractivity contribution in [2.75, 3.05) is 0 Å². The highest BCUT2D eigenvalue weighted by atomic mass is 32.2. The van der Waals surface area contributed by atoms with Gasteiger partial charge in [0.1, 0.15) is 12.3 Å². The minimum atomic E-state index is -3.46. The Balaban J connectivity index is 3.33. The molecule has 0 saturated heterocycles. The van der Waals surface area contributed by atoms with E-state index in [0.717, 1.165) is 0 Å². The van der Waals surface area contributed by atoms with Gasteiger partial charge in [-0.2, -0.15) is 0 Å². The number of hydrogen-bond acceptors (Lipinski definition) is 3. The normalized spacial score (nSPS) is 12.8. The molecule has 0 unspecified atom stereocenters. The summed E-state index contributed by atoms with van der Waals surface area (Å²) in [5, 5.41) is 4.41. The van der Waals surface area contributed by atoms with Crippen LogP contribution in [0, 0.1) is 10.8 Å². The van der Waals surface area contributed by atoms with E-state index in [1.807, 2.05) is 0 Å². The summed E-state index contributed by atoms with van der Waals surface area (Å²) in [6.45, 7) is 13.1. The largest absolute Gasteiger partial charge is 0.254 e. The predicted molar refractivity (Wildman–Crippen MR) is 90.3 cm³/mol. The number of sulfone groups is 1. The second kappa shape index (κ2) is 6.46. The summed E-state index contributed by atoms with van der Waals surface area (Å²) in [5.41, 5.74) is 4.58. The average Bonchev–Trinajstić information content (AvgIpc) is 2.81. The standard InChI is InChI=1S/C15H24O2S2Si/c1-12(2)20(13(3)4,14(5)6)11-10-19(16,17)15-8-7-9-18-15/h7-9,12-14H,1-6H3. The lowest BCUT2D eigenvalue weighted by Crippen LogP contribution is -2.43. The first-order valence-corrected chi connectivity index (χ1v) is 11.6. The monoisotopic (exact) mass is 328 g/mol. The number of thiophene rings is 1. The number of rotatable bonds is 4. The van der Waals surface area contributed by atoms with Crippen LogP contribution in [0.25, 0.3) is 0 Å². The van der Waals surface area contributed by atoms with Gasteiger partial charge in [-0.05, 0) is 28.1 Å². The molecule has 0 spiro atoms. The van der Waals surface area contributed by atoms with Crippen LogP contribution < -0.4 is 0 Å². The fraction of sp³-hybridized carbons (Fsp3) is 0.600. The van der Waals surface area contributed by atoms with Gasteiger partial charge in [-0.3, -0.25) is 0 Å².